The summed E-state index contributed by atoms with van der Waals surface area (Å²) in [4.78, 5) is 6.38. The van der Waals surface area contributed by atoms with E-state index in [4.69, 9.17) is 23.2 Å². The first-order chi connectivity index (χ1) is 3.79. The first-order valence-electron chi connectivity index (χ1n) is 1.98. The lowest BCUT2D eigenvalue weighted by Crippen LogP contribution is -1.99. The first kappa shape index (κ1) is 5.79. The molecule has 0 bridgehead atoms. The van der Waals surface area contributed by atoms with Crippen LogP contribution in [0.1, 0.15) is 0 Å². The molecule has 0 spiro atoms. The lowest BCUT2D eigenvalue weighted by molar-refractivity contribution is -0.378. The predicted molar refractivity (Wildman–Crippen MR) is 30.8 cm³/mol. The minimum Gasteiger partial charge on any atom is -0.213 e. The molecule has 1 rings (SSSR count). The maximum atomic E-state index is 5.42. The molecule has 42 valence electrons. The Bertz CT molecular complexity index is 172. The summed E-state index contributed by atoms with van der Waals surface area (Å²) in [5.74, 6) is 0. The fraction of sp³-hybridized carbons (Fsp3) is 0. The van der Waals surface area contributed by atoms with E-state index in [1.807, 2.05) is 0 Å². The molecule has 0 aromatic carbocycles. The summed E-state index contributed by atoms with van der Waals surface area (Å²) in [6.45, 7) is 0. The third-order valence-electron chi connectivity index (χ3n) is 0.618. The first-order valence-corrected chi connectivity index (χ1v) is 2.74. The number of nitrogens with zero attached hydrogens (tertiary/aromatic N) is 1. The van der Waals surface area contributed by atoms with Gasteiger partial charge in [-0.2, -0.15) is 0 Å². The number of nitrogens with one attached hydrogen (secondary N) is 1. The van der Waals surface area contributed by atoms with Crippen molar-refractivity contribution in [3.63, 3.8) is 0 Å². The molecule has 1 N–H and O–H groups in total. The Morgan fingerprint density at radius 2 is 1.75 bits per heavy atom. The molecule has 4 heteroatoms. The number of halogens is 2. The molecule has 1 aromatic rings. The second-order valence-corrected chi connectivity index (χ2v) is 1.99. The summed E-state index contributed by atoms with van der Waals surface area (Å²) in [5, 5.41) is 0.745. The number of rotatable bonds is 0. The quantitative estimate of drug-likeness (QED) is 0.545. The molecule has 8 heavy (non-hydrogen) atoms. The van der Waals surface area contributed by atoms with E-state index in [2.05, 4.69) is 9.97 Å². The van der Waals surface area contributed by atoms with E-state index in [9.17, 15) is 0 Å². The minimum atomic E-state index is 0.373. The third kappa shape index (κ3) is 1.32. The Labute approximate surface area is 56.5 Å². The Morgan fingerprint density at radius 3 is 2.00 bits per heavy atom. The zero-order valence-electron chi connectivity index (χ0n) is 3.86. The van der Waals surface area contributed by atoms with Crippen molar-refractivity contribution in [1.29, 1.82) is 0 Å². The van der Waals surface area contributed by atoms with Gasteiger partial charge in [0.15, 0.2) is 10.3 Å². The number of aromatic amines is 1. The van der Waals surface area contributed by atoms with E-state index in [1.54, 1.807) is 12.4 Å². The molecule has 0 aliphatic rings. The molecule has 1 heterocycles. The van der Waals surface area contributed by atoms with Crippen LogP contribution in [0.2, 0.25) is 10.3 Å². The third-order valence-corrected chi connectivity index (χ3v) is 1.01. The average molecular weight is 150 g/mol. The van der Waals surface area contributed by atoms with Gasteiger partial charge in [0, 0.05) is 0 Å². The van der Waals surface area contributed by atoms with Crippen molar-refractivity contribution in [2.24, 2.45) is 0 Å². The normalized spacial score (nSPS) is 9.25. The number of aromatic nitrogens is 2. The molecule has 1 aromatic heterocycles. The lowest BCUT2D eigenvalue weighted by Gasteiger charge is -1.80. The smallest absolute Gasteiger partial charge is 0.204 e. The average Bonchev–Trinajstić information content (AvgIpc) is 1.64. The van der Waals surface area contributed by atoms with Crippen LogP contribution < -0.4 is 4.98 Å². The maximum Gasteiger partial charge on any atom is 0.204 e. The molecular formula is C4H3Cl2N2+. The summed E-state index contributed by atoms with van der Waals surface area (Å²) < 4.78 is 0. The molecule has 0 radical (unpaired) electrons. The highest BCUT2D eigenvalue weighted by Crippen LogP contribution is 2.03. The molecule has 0 aliphatic heterocycles. The van der Waals surface area contributed by atoms with E-state index in [1.165, 1.54) is 0 Å². The molecule has 0 saturated heterocycles. The number of hydrogen-bond acceptors (Lipinski definition) is 1. The van der Waals surface area contributed by atoms with Crippen LogP contribution in [0.4, 0.5) is 0 Å². The summed E-state index contributed by atoms with van der Waals surface area (Å²) in [6.07, 6.45) is 3.10. The Hall–Kier alpha value is -0.340. The predicted octanol–water partition coefficient (Wildman–Crippen LogP) is 1.20. The van der Waals surface area contributed by atoms with Gasteiger partial charge in [0.2, 0.25) is 12.4 Å². The van der Waals surface area contributed by atoms with Crippen molar-refractivity contribution in [2.45, 2.75) is 0 Å². The Morgan fingerprint density at radius 1 is 1.25 bits per heavy atom. The van der Waals surface area contributed by atoms with Gasteiger partial charge in [-0.1, -0.05) is 23.2 Å². The van der Waals surface area contributed by atoms with Crippen molar-refractivity contribution in [2.75, 3.05) is 0 Å². The van der Waals surface area contributed by atoms with Gasteiger partial charge >= 0.3 is 0 Å². The summed E-state index contributed by atoms with van der Waals surface area (Å²) in [5.41, 5.74) is 0. The Balaban J connectivity index is 3.08. The highest BCUT2D eigenvalue weighted by Gasteiger charge is 1.93. The van der Waals surface area contributed by atoms with Gasteiger partial charge in [-0.05, 0) is 0 Å². The zero-order valence-corrected chi connectivity index (χ0v) is 5.37. The minimum absolute atomic E-state index is 0.373. The Kier molecular flexibility index (Phi) is 1.65. The van der Waals surface area contributed by atoms with Crippen LogP contribution in [0.3, 0.4) is 0 Å². The topological polar surface area (TPSA) is 27.0 Å². The number of H-pyrrole nitrogens is 1. The van der Waals surface area contributed by atoms with E-state index in [-0.39, 0.29) is 0 Å². The van der Waals surface area contributed by atoms with Crippen LogP contribution in [-0.4, -0.2) is 4.98 Å². The van der Waals surface area contributed by atoms with Gasteiger partial charge in [0.25, 0.3) is 0 Å². The number of hydrogen-bond donors (Lipinski definition) is 0. The molecule has 0 aliphatic carbocycles. The fourth-order valence-corrected chi connectivity index (χ4v) is 0.697. The van der Waals surface area contributed by atoms with Crippen LogP contribution in [0.15, 0.2) is 12.4 Å². The highest BCUT2D eigenvalue weighted by molar-refractivity contribution is 6.31. The second kappa shape index (κ2) is 2.29. The van der Waals surface area contributed by atoms with Gasteiger partial charge in [0.05, 0.1) is 0 Å². The van der Waals surface area contributed by atoms with E-state index in [0.29, 0.717) is 10.3 Å². The monoisotopic (exact) mass is 149 g/mol. The van der Waals surface area contributed by atoms with Crippen molar-refractivity contribution in [3.8, 4) is 0 Å². The fourth-order valence-electron chi connectivity index (χ4n) is 0.346. The second-order valence-electron chi connectivity index (χ2n) is 1.21. The van der Waals surface area contributed by atoms with Gasteiger partial charge in [0.1, 0.15) is 0 Å². The van der Waals surface area contributed by atoms with Crippen LogP contribution in [0, 0.1) is 0 Å². The SMILES string of the molecule is Clc1c[nH+]cc(Cl)n1. The molecular weight excluding hydrogens is 147 g/mol. The molecule has 0 fully saturated rings. The van der Waals surface area contributed by atoms with Crippen molar-refractivity contribution in [3.05, 3.63) is 22.7 Å². The van der Waals surface area contributed by atoms with Crippen LogP contribution in [-0.2, 0) is 0 Å². The summed E-state index contributed by atoms with van der Waals surface area (Å²) in [7, 11) is 0. The van der Waals surface area contributed by atoms with Crippen LogP contribution in [0.5, 0.6) is 0 Å². The molecule has 0 amide bonds. The van der Waals surface area contributed by atoms with E-state index < -0.39 is 0 Å². The van der Waals surface area contributed by atoms with Crippen molar-refractivity contribution < 1.29 is 4.98 Å². The standard InChI is InChI=1S/C4H2Cl2N2/c5-3-1-7-2-4(6)8-3/h1-2H/p+1. The molecule has 0 atom stereocenters. The van der Waals surface area contributed by atoms with Crippen molar-refractivity contribution >= 4 is 23.2 Å². The van der Waals surface area contributed by atoms with Gasteiger partial charge in [-0.3, -0.25) is 0 Å². The van der Waals surface area contributed by atoms with E-state index >= 15 is 0 Å². The maximum absolute atomic E-state index is 5.42. The molecule has 0 unspecified atom stereocenters. The summed E-state index contributed by atoms with van der Waals surface area (Å²) >= 11 is 10.8. The molecule has 0 saturated carbocycles. The van der Waals surface area contributed by atoms with Crippen molar-refractivity contribution in [1.82, 2.24) is 4.98 Å². The largest absolute Gasteiger partial charge is 0.213 e. The summed E-state index contributed by atoms with van der Waals surface area (Å²) in [6, 6.07) is 0. The van der Waals surface area contributed by atoms with Crippen LogP contribution in [0.25, 0.3) is 0 Å². The molecule has 2 nitrogen and oxygen atoms in total. The zero-order chi connectivity index (χ0) is 5.98. The van der Waals surface area contributed by atoms with Gasteiger partial charge in [-0.25, -0.2) is 9.97 Å². The van der Waals surface area contributed by atoms with Crippen LogP contribution >= 0.6 is 23.2 Å². The van der Waals surface area contributed by atoms with E-state index in [0.717, 1.165) is 0 Å². The highest BCUT2D eigenvalue weighted by atomic mass is 35.5. The lowest BCUT2D eigenvalue weighted by atomic mass is 10.8. The van der Waals surface area contributed by atoms with Gasteiger partial charge in [-0.15, -0.1) is 0 Å². The van der Waals surface area contributed by atoms with Gasteiger partial charge < -0.3 is 0 Å².